The third-order valence-corrected chi connectivity index (χ3v) is 4.32. The predicted molar refractivity (Wildman–Crippen MR) is 92.1 cm³/mol. The molecule has 1 amide bonds. The van der Waals surface area contributed by atoms with Crippen molar-refractivity contribution in [2.45, 2.75) is 19.5 Å². The van der Waals surface area contributed by atoms with Gasteiger partial charge in [0.15, 0.2) is 0 Å². The van der Waals surface area contributed by atoms with Crippen LogP contribution in [0.15, 0.2) is 42.6 Å². The van der Waals surface area contributed by atoms with E-state index in [9.17, 15) is 9.59 Å². The molecule has 132 valence electrons. The van der Waals surface area contributed by atoms with Gasteiger partial charge in [0, 0.05) is 38.9 Å². The summed E-state index contributed by atoms with van der Waals surface area (Å²) in [7, 11) is 0. The zero-order valence-electron chi connectivity index (χ0n) is 14.0. The predicted octanol–water partition coefficient (Wildman–Crippen LogP) is 1.32. The van der Waals surface area contributed by atoms with Crippen molar-refractivity contribution in [3.8, 4) is 0 Å². The van der Waals surface area contributed by atoms with E-state index in [1.807, 2.05) is 23.1 Å². The second kappa shape index (κ2) is 7.94. The molecule has 0 spiro atoms. The van der Waals surface area contributed by atoms with Gasteiger partial charge in [0.1, 0.15) is 5.69 Å². The van der Waals surface area contributed by atoms with E-state index in [0.717, 1.165) is 19.6 Å². The van der Waals surface area contributed by atoms with Crippen molar-refractivity contribution in [1.29, 1.82) is 0 Å². The number of aliphatic carboxylic acids is 1. The maximum absolute atomic E-state index is 12.5. The summed E-state index contributed by atoms with van der Waals surface area (Å²) in [5, 5.41) is 12.9. The number of aryl methyl sites for hydroxylation is 1. The molecule has 1 aliphatic heterocycles. The molecule has 1 N–H and O–H groups in total. The molecule has 7 heteroatoms. The Labute approximate surface area is 146 Å². The lowest BCUT2D eigenvalue weighted by molar-refractivity contribution is -0.137. The van der Waals surface area contributed by atoms with E-state index in [0.29, 0.717) is 18.8 Å². The molecule has 1 aromatic carbocycles. The van der Waals surface area contributed by atoms with Crippen LogP contribution in [-0.2, 0) is 17.9 Å². The molecule has 0 bridgehead atoms. The molecular formula is C18H22N4O3. The van der Waals surface area contributed by atoms with E-state index in [1.165, 1.54) is 10.2 Å². The van der Waals surface area contributed by atoms with Crippen molar-refractivity contribution in [3.05, 3.63) is 53.9 Å². The van der Waals surface area contributed by atoms with Gasteiger partial charge in [-0.2, -0.15) is 5.10 Å². The number of rotatable bonds is 6. The molecule has 7 nitrogen and oxygen atoms in total. The molecule has 1 fully saturated rings. The van der Waals surface area contributed by atoms with Gasteiger partial charge in [-0.1, -0.05) is 30.3 Å². The topological polar surface area (TPSA) is 78.7 Å². The Bertz CT molecular complexity index is 721. The van der Waals surface area contributed by atoms with E-state index in [4.69, 9.17) is 5.11 Å². The maximum Gasteiger partial charge on any atom is 0.305 e. The van der Waals surface area contributed by atoms with E-state index in [-0.39, 0.29) is 18.9 Å². The first-order chi connectivity index (χ1) is 12.1. The number of carbonyl (C=O) groups is 2. The Morgan fingerprint density at radius 2 is 1.76 bits per heavy atom. The molecule has 1 aliphatic rings. The zero-order chi connectivity index (χ0) is 17.6. The zero-order valence-corrected chi connectivity index (χ0v) is 14.0. The summed E-state index contributed by atoms with van der Waals surface area (Å²) in [4.78, 5) is 27.3. The van der Waals surface area contributed by atoms with Gasteiger partial charge in [-0.25, -0.2) is 0 Å². The summed E-state index contributed by atoms with van der Waals surface area (Å²) in [5.74, 6) is -0.966. The van der Waals surface area contributed by atoms with Crippen LogP contribution in [0.1, 0.15) is 22.5 Å². The van der Waals surface area contributed by atoms with Crippen molar-refractivity contribution in [3.63, 3.8) is 0 Å². The highest BCUT2D eigenvalue weighted by atomic mass is 16.4. The Kier molecular flexibility index (Phi) is 5.45. The average Bonchev–Trinajstić information content (AvgIpc) is 3.10. The molecule has 0 saturated carbocycles. The number of hydrogen-bond acceptors (Lipinski definition) is 4. The number of hydrogen-bond donors (Lipinski definition) is 1. The second-order valence-corrected chi connectivity index (χ2v) is 6.16. The highest BCUT2D eigenvalue weighted by molar-refractivity contribution is 5.92. The number of benzene rings is 1. The molecule has 2 heterocycles. The highest BCUT2D eigenvalue weighted by Crippen LogP contribution is 2.11. The summed E-state index contributed by atoms with van der Waals surface area (Å²) >= 11 is 0. The van der Waals surface area contributed by atoms with Gasteiger partial charge in [0.25, 0.3) is 5.91 Å². The fraction of sp³-hybridized carbons (Fsp3) is 0.389. The van der Waals surface area contributed by atoms with Gasteiger partial charge >= 0.3 is 5.97 Å². The van der Waals surface area contributed by atoms with Gasteiger partial charge in [-0.15, -0.1) is 0 Å². The van der Waals surface area contributed by atoms with Crippen molar-refractivity contribution in [2.24, 2.45) is 0 Å². The Morgan fingerprint density at radius 3 is 2.44 bits per heavy atom. The largest absolute Gasteiger partial charge is 0.481 e. The molecule has 1 saturated heterocycles. The molecule has 0 aliphatic carbocycles. The number of piperazine rings is 1. The van der Waals surface area contributed by atoms with Crippen molar-refractivity contribution in [2.75, 3.05) is 26.2 Å². The number of nitrogens with zero attached hydrogens (tertiary/aromatic N) is 4. The van der Waals surface area contributed by atoms with Crippen molar-refractivity contribution in [1.82, 2.24) is 19.6 Å². The Balaban J connectivity index is 1.50. The molecule has 2 aromatic rings. The molecular weight excluding hydrogens is 320 g/mol. The first-order valence-corrected chi connectivity index (χ1v) is 8.42. The van der Waals surface area contributed by atoms with E-state index in [2.05, 4.69) is 22.1 Å². The third kappa shape index (κ3) is 4.67. The van der Waals surface area contributed by atoms with Crippen molar-refractivity contribution < 1.29 is 14.7 Å². The standard InChI is InChI=1S/C18H22N4O3/c23-17(24)7-9-22-8-6-16(19-22)18(25)21-12-10-20(11-13-21)14-15-4-2-1-3-5-15/h1-6,8H,7,9-14H2,(H,23,24). The molecule has 0 atom stereocenters. The SMILES string of the molecule is O=C(O)CCn1ccc(C(=O)N2CCN(Cc3ccccc3)CC2)n1. The molecule has 1 aromatic heterocycles. The van der Waals surface area contributed by atoms with E-state index in [1.54, 1.807) is 12.3 Å². The first-order valence-electron chi connectivity index (χ1n) is 8.42. The lowest BCUT2D eigenvalue weighted by atomic mass is 10.2. The molecule has 0 unspecified atom stereocenters. The first kappa shape index (κ1) is 17.2. The number of amides is 1. The minimum atomic E-state index is -0.877. The Hall–Kier alpha value is -2.67. The lowest BCUT2D eigenvalue weighted by Crippen LogP contribution is -2.48. The van der Waals surface area contributed by atoms with Gasteiger partial charge in [0.05, 0.1) is 13.0 Å². The monoisotopic (exact) mass is 342 g/mol. The van der Waals surface area contributed by atoms with Crippen LogP contribution in [-0.4, -0.2) is 62.7 Å². The lowest BCUT2D eigenvalue weighted by Gasteiger charge is -2.34. The van der Waals surface area contributed by atoms with Gasteiger partial charge in [-0.05, 0) is 11.6 Å². The fourth-order valence-corrected chi connectivity index (χ4v) is 2.92. The van der Waals surface area contributed by atoms with Gasteiger partial charge in [-0.3, -0.25) is 19.2 Å². The summed E-state index contributed by atoms with van der Waals surface area (Å²) in [5.41, 5.74) is 1.65. The van der Waals surface area contributed by atoms with Crippen LogP contribution >= 0.6 is 0 Å². The minimum absolute atomic E-state index is 0.00648. The quantitative estimate of drug-likeness (QED) is 0.856. The average molecular weight is 342 g/mol. The van der Waals surface area contributed by atoms with Gasteiger partial charge < -0.3 is 10.0 Å². The number of carboxylic acid groups (broad SMARTS) is 1. The van der Waals surface area contributed by atoms with E-state index < -0.39 is 5.97 Å². The summed E-state index contributed by atoms with van der Waals surface area (Å²) in [6, 6.07) is 12.0. The van der Waals surface area contributed by atoms with Crippen LogP contribution in [0.3, 0.4) is 0 Å². The fourth-order valence-electron chi connectivity index (χ4n) is 2.92. The smallest absolute Gasteiger partial charge is 0.305 e. The number of carbonyl (C=O) groups excluding carboxylic acids is 1. The summed E-state index contributed by atoms with van der Waals surface area (Å²) in [6.45, 7) is 4.18. The third-order valence-electron chi connectivity index (χ3n) is 4.32. The summed E-state index contributed by atoms with van der Waals surface area (Å²) in [6.07, 6.45) is 1.65. The molecule has 0 radical (unpaired) electrons. The van der Waals surface area contributed by atoms with Crippen LogP contribution in [0.4, 0.5) is 0 Å². The summed E-state index contributed by atoms with van der Waals surface area (Å²) < 4.78 is 1.51. The minimum Gasteiger partial charge on any atom is -0.481 e. The van der Waals surface area contributed by atoms with Crippen LogP contribution in [0.5, 0.6) is 0 Å². The number of aromatic nitrogens is 2. The Morgan fingerprint density at radius 1 is 1.04 bits per heavy atom. The number of carboxylic acids is 1. The van der Waals surface area contributed by atoms with Gasteiger partial charge in [0.2, 0.25) is 0 Å². The normalized spacial score (nSPS) is 15.3. The van der Waals surface area contributed by atoms with Crippen LogP contribution in [0.2, 0.25) is 0 Å². The maximum atomic E-state index is 12.5. The van der Waals surface area contributed by atoms with Crippen LogP contribution < -0.4 is 0 Å². The highest BCUT2D eigenvalue weighted by Gasteiger charge is 2.23. The molecule has 3 rings (SSSR count). The van der Waals surface area contributed by atoms with Crippen molar-refractivity contribution >= 4 is 11.9 Å². The van der Waals surface area contributed by atoms with Crippen LogP contribution in [0.25, 0.3) is 0 Å². The second-order valence-electron chi connectivity index (χ2n) is 6.16. The van der Waals surface area contributed by atoms with E-state index >= 15 is 0 Å². The van der Waals surface area contributed by atoms with Crippen LogP contribution in [0, 0.1) is 0 Å². The molecule has 25 heavy (non-hydrogen) atoms.